The van der Waals surface area contributed by atoms with Gasteiger partial charge in [0.15, 0.2) is 0 Å². The highest BCUT2D eigenvalue weighted by molar-refractivity contribution is 5.23. The van der Waals surface area contributed by atoms with Crippen molar-refractivity contribution in [1.29, 1.82) is 0 Å². The molecule has 0 saturated carbocycles. The highest BCUT2D eigenvalue weighted by Gasteiger charge is 2.08. The van der Waals surface area contributed by atoms with Crippen molar-refractivity contribution in [3.8, 4) is 0 Å². The van der Waals surface area contributed by atoms with E-state index in [1.807, 2.05) is 36.4 Å². The van der Waals surface area contributed by atoms with E-state index >= 15 is 0 Å². The third-order valence-electron chi connectivity index (χ3n) is 3.65. The topological polar surface area (TPSA) is 61.7 Å². The van der Waals surface area contributed by atoms with Crippen LogP contribution in [-0.4, -0.2) is 19.1 Å². The minimum absolute atomic E-state index is 0.579. The molecule has 0 aliphatic carbocycles. The second-order valence-electron chi connectivity index (χ2n) is 5.12. The van der Waals surface area contributed by atoms with E-state index in [1.54, 1.807) is 0 Å². The van der Waals surface area contributed by atoms with Crippen LogP contribution < -0.4 is 5.73 Å². The van der Waals surface area contributed by atoms with Crippen molar-refractivity contribution in [1.82, 2.24) is 19.1 Å². The van der Waals surface area contributed by atoms with Crippen LogP contribution in [0.2, 0.25) is 0 Å². The van der Waals surface area contributed by atoms with Gasteiger partial charge in [0.2, 0.25) is 0 Å². The van der Waals surface area contributed by atoms with Crippen LogP contribution in [0, 0.1) is 0 Å². The van der Waals surface area contributed by atoms with Crippen molar-refractivity contribution in [2.75, 3.05) is 0 Å². The van der Waals surface area contributed by atoms with Crippen molar-refractivity contribution in [2.45, 2.75) is 19.5 Å². The molecular weight excluding hydrogens is 262 g/mol. The number of nitrogens with two attached hydrogens (primary N) is 1. The summed E-state index contributed by atoms with van der Waals surface area (Å²) >= 11 is 0. The Balaban J connectivity index is 1.77. The molecule has 2 aromatic heterocycles. The van der Waals surface area contributed by atoms with E-state index in [0.29, 0.717) is 6.54 Å². The number of aryl methyl sites for hydroxylation is 1. The molecule has 0 spiro atoms. The van der Waals surface area contributed by atoms with Crippen LogP contribution in [0.5, 0.6) is 0 Å². The van der Waals surface area contributed by atoms with E-state index in [0.717, 1.165) is 30.2 Å². The first-order valence-electron chi connectivity index (χ1n) is 7.00. The first-order chi connectivity index (χ1) is 10.3. The van der Waals surface area contributed by atoms with E-state index in [9.17, 15) is 0 Å². The highest BCUT2D eigenvalue weighted by atomic mass is 15.1. The molecule has 0 radical (unpaired) electrons. The summed E-state index contributed by atoms with van der Waals surface area (Å²) in [5.74, 6) is 2.04. The monoisotopic (exact) mass is 281 g/mol. The predicted octanol–water partition coefficient (Wildman–Crippen LogP) is 1.71. The van der Waals surface area contributed by atoms with Gasteiger partial charge in [-0.05, 0) is 11.1 Å². The van der Waals surface area contributed by atoms with Crippen molar-refractivity contribution in [2.24, 2.45) is 12.8 Å². The van der Waals surface area contributed by atoms with Crippen LogP contribution in [-0.2, 0) is 26.6 Å². The third-order valence-corrected chi connectivity index (χ3v) is 3.65. The van der Waals surface area contributed by atoms with Gasteiger partial charge in [-0.25, -0.2) is 9.97 Å². The molecule has 0 bridgehead atoms. The SMILES string of the molecule is Cn1ccnc1Cc1nccn1Cc1ccc(CN)cc1. The summed E-state index contributed by atoms with van der Waals surface area (Å²) in [5.41, 5.74) is 8.02. The van der Waals surface area contributed by atoms with Gasteiger partial charge in [-0.15, -0.1) is 0 Å². The molecule has 1 aromatic carbocycles. The van der Waals surface area contributed by atoms with Gasteiger partial charge in [-0.1, -0.05) is 24.3 Å². The summed E-state index contributed by atoms with van der Waals surface area (Å²) in [7, 11) is 2.00. The molecule has 2 N–H and O–H groups in total. The molecule has 0 saturated heterocycles. The van der Waals surface area contributed by atoms with E-state index in [2.05, 4.69) is 38.8 Å². The van der Waals surface area contributed by atoms with Gasteiger partial charge in [-0.3, -0.25) is 0 Å². The number of hydrogen-bond acceptors (Lipinski definition) is 3. The van der Waals surface area contributed by atoms with Crippen molar-refractivity contribution >= 4 is 0 Å². The van der Waals surface area contributed by atoms with Gasteiger partial charge in [-0.2, -0.15) is 0 Å². The van der Waals surface area contributed by atoms with Crippen LogP contribution >= 0.6 is 0 Å². The molecule has 5 heteroatoms. The molecule has 21 heavy (non-hydrogen) atoms. The fourth-order valence-corrected chi connectivity index (χ4v) is 2.34. The second kappa shape index (κ2) is 5.93. The lowest BCUT2D eigenvalue weighted by molar-refractivity contribution is 0.711. The fraction of sp³-hybridized carbons (Fsp3) is 0.250. The Morgan fingerprint density at radius 3 is 2.29 bits per heavy atom. The molecule has 0 atom stereocenters. The fourth-order valence-electron chi connectivity index (χ4n) is 2.34. The number of benzene rings is 1. The Kier molecular flexibility index (Phi) is 3.83. The normalized spacial score (nSPS) is 11.0. The Bertz CT molecular complexity index is 708. The molecule has 0 aliphatic heterocycles. The van der Waals surface area contributed by atoms with Gasteiger partial charge in [0.25, 0.3) is 0 Å². The minimum atomic E-state index is 0.579. The van der Waals surface area contributed by atoms with Crippen LogP contribution in [0.3, 0.4) is 0 Å². The lowest BCUT2D eigenvalue weighted by Gasteiger charge is -2.09. The average molecular weight is 281 g/mol. The van der Waals surface area contributed by atoms with E-state index in [4.69, 9.17) is 5.73 Å². The maximum absolute atomic E-state index is 5.63. The summed E-state index contributed by atoms with van der Waals surface area (Å²) < 4.78 is 4.18. The van der Waals surface area contributed by atoms with Crippen molar-refractivity contribution in [3.05, 3.63) is 71.8 Å². The molecule has 108 valence electrons. The van der Waals surface area contributed by atoms with Crippen molar-refractivity contribution in [3.63, 3.8) is 0 Å². The molecule has 5 nitrogen and oxygen atoms in total. The standard InChI is InChI=1S/C16H19N5/c1-20-8-6-18-15(20)10-16-19-7-9-21(16)12-14-4-2-13(11-17)3-5-14/h2-9H,10-12,17H2,1H3. The van der Waals surface area contributed by atoms with Gasteiger partial charge < -0.3 is 14.9 Å². The summed E-state index contributed by atoms with van der Waals surface area (Å²) in [5, 5.41) is 0. The molecule has 0 aliphatic rings. The van der Waals surface area contributed by atoms with E-state index in [-0.39, 0.29) is 0 Å². The van der Waals surface area contributed by atoms with Crippen LogP contribution in [0.15, 0.2) is 49.1 Å². The van der Waals surface area contributed by atoms with Crippen molar-refractivity contribution < 1.29 is 0 Å². The number of nitrogens with zero attached hydrogens (tertiary/aromatic N) is 4. The minimum Gasteiger partial charge on any atom is -0.338 e. The Morgan fingerprint density at radius 1 is 0.952 bits per heavy atom. The molecule has 2 heterocycles. The number of imidazole rings is 2. The lowest BCUT2D eigenvalue weighted by Crippen LogP contribution is -2.08. The maximum atomic E-state index is 5.63. The van der Waals surface area contributed by atoms with E-state index in [1.165, 1.54) is 5.56 Å². The zero-order valence-electron chi connectivity index (χ0n) is 12.1. The van der Waals surface area contributed by atoms with Gasteiger partial charge >= 0.3 is 0 Å². The summed E-state index contributed by atoms with van der Waals surface area (Å²) in [4.78, 5) is 8.81. The van der Waals surface area contributed by atoms with Crippen LogP contribution in [0.4, 0.5) is 0 Å². The largest absolute Gasteiger partial charge is 0.338 e. The summed E-state index contributed by atoms with van der Waals surface area (Å²) in [6, 6.07) is 8.38. The number of aromatic nitrogens is 4. The van der Waals surface area contributed by atoms with E-state index < -0.39 is 0 Å². The Labute approximate surface area is 124 Å². The highest BCUT2D eigenvalue weighted by Crippen LogP contribution is 2.10. The molecule has 0 fully saturated rings. The lowest BCUT2D eigenvalue weighted by atomic mass is 10.1. The van der Waals surface area contributed by atoms with Gasteiger partial charge in [0, 0.05) is 44.9 Å². The first kappa shape index (κ1) is 13.6. The van der Waals surface area contributed by atoms with Crippen LogP contribution in [0.25, 0.3) is 0 Å². The number of hydrogen-bond donors (Lipinski definition) is 1. The quantitative estimate of drug-likeness (QED) is 0.774. The average Bonchev–Trinajstić information content (AvgIpc) is 3.11. The zero-order chi connectivity index (χ0) is 14.7. The molecule has 0 amide bonds. The van der Waals surface area contributed by atoms with Gasteiger partial charge in [0.05, 0.1) is 6.42 Å². The molecular formula is C16H19N5. The zero-order valence-corrected chi connectivity index (χ0v) is 12.1. The molecule has 3 rings (SSSR count). The Morgan fingerprint density at radius 2 is 1.62 bits per heavy atom. The molecule has 0 unspecified atom stereocenters. The number of rotatable bonds is 5. The predicted molar refractivity (Wildman–Crippen MR) is 81.7 cm³/mol. The third kappa shape index (κ3) is 3.03. The summed E-state index contributed by atoms with van der Waals surface area (Å²) in [6.45, 7) is 1.39. The second-order valence-corrected chi connectivity index (χ2v) is 5.12. The first-order valence-corrected chi connectivity index (χ1v) is 7.00. The Hall–Kier alpha value is -2.40. The maximum Gasteiger partial charge on any atom is 0.116 e. The summed E-state index contributed by atoms with van der Waals surface area (Å²) in [6.07, 6.45) is 8.35. The van der Waals surface area contributed by atoms with Gasteiger partial charge in [0.1, 0.15) is 11.6 Å². The van der Waals surface area contributed by atoms with Crippen LogP contribution in [0.1, 0.15) is 22.8 Å². The molecule has 3 aromatic rings. The smallest absolute Gasteiger partial charge is 0.116 e.